The van der Waals surface area contributed by atoms with E-state index in [1.807, 2.05) is 6.92 Å². The van der Waals surface area contributed by atoms with Crippen LogP contribution in [0.1, 0.15) is 25.8 Å². The first kappa shape index (κ1) is 20.5. The van der Waals surface area contributed by atoms with E-state index in [1.54, 1.807) is 42.5 Å². The molecule has 0 saturated carbocycles. The average Bonchev–Trinajstić information content (AvgIpc) is 2.58. The summed E-state index contributed by atoms with van der Waals surface area (Å²) in [6.07, 6.45) is 0.121. The molecule has 142 valence electrons. The standard InChI is InChI=1S/C20H22ClN3O3/c1-13-18(21)8-5-9-19(13)23-20(27)10-11-24(15(3)26)17-7-4-6-16(12-17)22-14(2)25/h4-9,12H,10-11H2,1-3H3,(H,22,25)(H,23,27). The van der Waals surface area contributed by atoms with E-state index in [4.69, 9.17) is 11.6 Å². The highest BCUT2D eigenvalue weighted by Gasteiger charge is 2.15. The zero-order chi connectivity index (χ0) is 20.0. The van der Waals surface area contributed by atoms with E-state index in [9.17, 15) is 14.4 Å². The third-order valence-electron chi connectivity index (χ3n) is 3.96. The highest BCUT2D eigenvalue weighted by molar-refractivity contribution is 6.31. The maximum absolute atomic E-state index is 12.3. The van der Waals surface area contributed by atoms with Crippen LogP contribution in [-0.4, -0.2) is 24.3 Å². The van der Waals surface area contributed by atoms with E-state index in [0.717, 1.165) is 5.56 Å². The topological polar surface area (TPSA) is 78.5 Å². The summed E-state index contributed by atoms with van der Waals surface area (Å²) < 4.78 is 0. The van der Waals surface area contributed by atoms with Crippen LogP contribution in [0.3, 0.4) is 0 Å². The molecule has 27 heavy (non-hydrogen) atoms. The van der Waals surface area contributed by atoms with Gasteiger partial charge in [0.2, 0.25) is 17.7 Å². The van der Waals surface area contributed by atoms with Crippen LogP contribution in [0, 0.1) is 6.92 Å². The summed E-state index contributed by atoms with van der Waals surface area (Å²) in [6.45, 7) is 4.89. The van der Waals surface area contributed by atoms with Crippen LogP contribution < -0.4 is 15.5 Å². The number of hydrogen-bond acceptors (Lipinski definition) is 3. The number of rotatable bonds is 6. The van der Waals surface area contributed by atoms with Crippen LogP contribution in [0.2, 0.25) is 5.02 Å². The van der Waals surface area contributed by atoms with Crippen LogP contribution >= 0.6 is 11.6 Å². The largest absolute Gasteiger partial charge is 0.326 e. The zero-order valence-corrected chi connectivity index (χ0v) is 16.3. The number of carbonyl (C=O) groups excluding carboxylic acids is 3. The molecule has 0 aromatic heterocycles. The molecule has 2 aromatic carbocycles. The Morgan fingerprint density at radius 1 is 1.04 bits per heavy atom. The number of nitrogens with one attached hydrogen (secondary N) is 2. The quantitative estimate of drug-likeness (QED) is 0.786. The van der Waals surface area contributed by atoms with Crippen molar-refractivity contribution in [3.8, 4) is 0 Å². The Morgan fingerprint density at radius 3 is 2.41 bits per heavy atom. The molecule has 2 rings (SSSR count). The molecule has 0 aliphatic rings. The Labute approximate surface area is 163 Å². The van der Waals surface area contributed by atoms with E-state index < -0.39 is 0 Å². The Hall–Kier alpha value is -2.86. The molecule has 6 nitrogen and oxygen atoms in total. The number of nitrogens with zero attached hydrogens (tertiary/aromatic N) is 1. The summed E-state index contributed by atoms with van der Waals surface area (Å²) in [7, 11) is 0. The van der Waals surface area contributed by atoms with Gasteiger partial charge in [0.25, 0.3) is 0 Å². The Kier molecular flexibility index (Phi) is 6.96. The molecular formula is C20H22ClN3O3. The predicted molar refractivity (Wildman–Crippen MR) is 108 cm³/mol. The molecule has 7 heteroatoms. The van der Waals surface area contributed by atoms with Gasteiger partial charge in [0.15, 0.2) is 0 Å². The fraction of sp³-hybridized carbons (Fsp3) is 0.250. The van der Waals surface area contributed by atoms with Gasteiger partial charge in [0, 0.05) is 48.9 Å². The second-order valence-corrected chi connectivity index (χ2v) is 6.52. The van der Waals surface area contributed by atoms with Crippen LogP contribution in [-0.2, 0) is 14.4 Å². The van der Waals surface area contributed by atoms with Gasteiger partial charge in [-0.25, -0.2) is 0 Å². The minimum Gasteiger partial charge on any atom is -0.326 e. The fourth-order valence-corrected chi connectivity index (χ4v) is 2.77. The zero-order valence-electron chi connectivity index (χ0n) is 15.5. The maximum atomic E-state index is 12.3. The lowest BCUT2D eigenvalue weighted by molar-refractivity contribution is -0.117. The van der Waals surface area contributed by atoms with Gasteiger partial charge in [-0.2, -0.15) is 0 Å². The van der Waals surface area contributed by atoms with Crippen molar-refractivity contribution in [1.29, 1.82) is 0 Å². The number of amides is 3. The Balaban J connectivity index is 2.06. The van der Waals surface area contributed by atoms with E-state index in [0.29, 0.717) is 22.1 Å². The minimum absolute atomic E-state index is 0.121. The van der Waals surface area contributed by atoms with Crippen LogP contribution in [0.15, 0.2) is 42.5 Å². The lowest BCUT2D eigenvalue weighted by Crippen LogP contribution is -2.32. The van der Waals surface area contributed by atoms with Crippen molar-refractivity contribution >= 4 is 46.4 Å². The molecule has 0 atom stereocenters. The predicted octanol–water partition coefficient (Wildman–Crippen LogP) is 3.99. The van der Waals surface area contributed by atoms with Gasteiger partial charge in [-0.1, -0.05) is 23.7 Å². The SMILES string of the molecule is CC(=O)Nc1cccc(N(CCC(=O)Nc2cccc(Cl)c2C)C(C)=O)c1. The van der Waals surface area contributed by atoms with Crippen molar-refractivity contribution < 1.29 is 14.4 Å². The Bertz CT molecular complexity index is 867. The molecule has 0 bridgehead atoms. The van der Waals surface area contributed by atoms with Gasteiger partial charge >= 0.3 is 0 Å². The molecule has 0 fully saturated rings. The summed E-state index contributed by atoms with van der Waals surface area (Å²) in [4.78, 5) is 37.0. The summed E-state index contributed by atoms with van der Waals surface area (Å²) in [5.41, 5.74) is 2.64. The smallest absolute Gasteiger partial charge is 0.226 e. The van der Waals surface area contributed by atoms with Gasteiger partial charge in [0.05, 0.1) is 0 Å². The van der Waals surface area contributed by atoms with Gasteiger partial charge in [-0.05, 0) is 42.8 Å². The monoisotopic (exact) mass is 387 g/mol. The van der Waals surface area contributed by atoms with Crippen LogP contribution in [0.5, 0.6) is 0 Å². The number of hydrogen-bond donors (Lipinski definition) is 2. The molecule has 0 saturated heterocycles. The fourth-order valence-electron chi connectivity index (χ4n) is 2.59. The number of halogens is 1. The van der Waals surface area contributed by atoms with Crippen molar-refractivity contribution in [2.45, 2.75) is 27.2 Å². The normalized spacial score (nSPS) is 10.2. The lowest BCUT2D eigenvalue weighted by Gasteiger charge is -2.22. The molecule has 0 heterocycles. The molecule has 3 amide bonds. The molecule has 0 spiro atoms. The average molecular weight is 388 g/mol. The first-order chi connectivity index (χ1) is 12.8. The first-order valence-corrected chi connectivity index (χ1v) is 8.86. The molecule has 0 radical (unpaired) electrons. The maximum Gasteiger partial charge on any atom is 0.226 e. The van der Waals surface area contributed by atoms with E-state index >= 15 is 0 Å². The van der Waals surface area contributed by atoms with Crippen molar-refractivity contribution in [3.63, 3.8) is 0 Å². The third kappa shape index (κ3) is 5.82. The summed E-state index contributed by atoms with van der Waals surface area (Å²) in [6, 6.07) is 12.2. The molecule has 2 aromatic rings. The molecule has 2 N–H and O–H groups in total. The highest BCUT2D eigenvalue weighted by atomic mass is 35.5. The minimum atomic E-state index is -0.218. The van der Waals surface area contributed by atoms with Gasteiger partial charge in [0.1, 0.15) is 0 Å². The second kappa shape index (κ2) is 9.19. The van der Waals surface area contributed by atoms with E-state index in [1.165, 1.54) is 18.7 Å². The molecule has 0 aliphatic heterocycles. The number of anilines is 3. The van der Waals surface area contributed by atoms with Crippen LogP contribution in [0.25, 0.3) is 0 Å². The molecule has 0 unspecified atom stereocenters. The number of benzene rings is 2. The van der Waals surface area contributed by atoms with Gasteiger partial charge in [-0.3, -0.25) is 14.4 Å². The van der Waals surface area contributed by atoms with Gasteiger partial charge in [-0.15, -0.1) is 0 Å². The van der Waals surface area contributed by atoms with Crippen LogP contribution in [0.4, 0.5) is 17.1 Å². The van der Waals surface area contributed by atoms with Crippen molar-refractivity contribution in [1.82, 2.24) is 0 Å². The molecule has 0 aliphatic carbocycles. The summed E-state index contributed by atoms with van der Waals surface area (Å²) in [5.74, 6) is -0.607. The highest BCUT2D eigenvalue weighted by Crippen LogP contribution is 2.23. The summed E-state index contributed by atoms with van der Waals surface area (Å²) >= 11 is 6.06. The van der Waals surface area contributed by atoms with E-state index in [-0.39, 0.29) is 30.7 Å². The Morgan fingerprint density at radius 2 is 1.74 bits per heavy atom. The second-order valence-electron chi connectivity index (χ2n) is 6.11. The lowest BCUT2D eigenvalue weighted by atomic mass is 10.2. The molecular weight excluding hydrogens is 366 g/mol. The van der Waals surface area contributed by atoms with Crippen molar-refractivity contribution in [2.24, 2.45) is 0 Å². The number of carbonyl (C=O) groups is 3. The first-order valence-electron chi connectivity index (χ1n) is 8.48. The summed E-state index contributed by atoms with van der Waals surface area (Å²) in [5, 5.41) is 6.07. The van der Waals surface area contributed by atoms with E-state index in [2.05, 4.69) is 10.6 Å². The van der Waals surface area contributed by atoms with Gasteiger partial charge < -0.3 is 15.5 Å². The third-order valence-corrected chi connectivity index (χ3v) is 4.37. The van der Waals surface area contributed by atoms with Crippen molar-refractivity contribution in [2.75, 3.05) is 22.1 Å². The van der Waals surface area contributed by atoms with Crippen molar-refractivity contribution in [3.05, 3.63) is 53.1 Å².